The first-order valence-corrected chi connectivity index (χ1v) is 6.23. The van der Waals surface area contributed by atoms with Crippen molar-refractivity contribution < 1.29 is 4.74 Å². The van der Waals surface area contributed by atoms with E-state index in [9.17, 15) is 0 Å². The van der Waals surface area contributed by atoms with Crippen LogP contribution in [0.3, 0.4) is 0 Å². The summed E-state index contributed by atoms with van der Waals surface area (Å²) >= 11 is 0. The molecule has 1 aromatic carbocycles. The normalized spacial score (nSPS) is 12.9. The maximum atomic E-state index is 5.88. The van der Waals surface area contributed by atoms with Crippen LogP contribution in [-0.2, 0) is 0 Å². The van der Waals surface area contributed by atoms with Crippen LogP contribution >= 0.6 is 0 Å². The highest BCUT2D eigenvalue weighted by Gasteiger charge is 2.09. The summed E-state index contributed by atoms with van der Waals surface area (Å²) in [5.41, 5.74) is 7.61. The van der Waals surface area contributed by atoms with E-state index in [0.29, 0.717) is 17.6 Å². The van der Waals surface area contributed by atoms with Gasteiger partial charge in [-0.3, -0.25) is 0 Å². The second kappa shape index (κ2) is 5.80. The number of nitrogens with one attached hydrogen (secondary N) is 1. The lowest BCUT2D eigenvalue weighted by atomic mass is 10.1. The van der Waals surface area contributed by atoms with Crippen LogP contribution in [0.15, 0.2) is 18.2 Å². The molecule has 1 aromatic rings. The third-order valence-corrected chi connectivity index (χ3v) is 2.77. The van der Waals surface area contributed by atoms with E-state index in [1.54, 1.807) is 0 Å². The van der Waals surface area contributed by atoms with Crippen LogP contribution in [0.2, 0.25) is 0 Å². The predicted octanol–water partition coefficient (Wildman–Crippen LogP) is 3.51. The van der Waals surface area contributed by atoms with Crippen LogP contribution in [0.4, 0.5) is 11.4 Å². The monoisotopic (exact) mass is 236 g/mol. The van der Waals surface area contributed by atoms with Gasteiger partial charge in [0, 0.05) is 17.8 Å². The van der Waals surface area contributed by atoms with Crippen molar-refractivity contribution in [2.75, 3.05) is 11.1 Å². The number of rotatable bonds is 5. The van der Waals surface area contributed by atoms with Gasteiger partial charge in [-0.05, 0) is 38.8 Å². The van der Waals surface area contributed by atoms with Crippen molar-refractivity contribution in [1.82, 2.24) is 0 Å². The van der Waals surface area contributed by atoms with E-state index < -0.39 is 0 Å². The van der Waals surface area contributed by atoms with Gasteiger partial charge >= 0.3 is 0 Å². The van der Waals surface area contributed by atoms with E-state index in [4.69, 9.17) is 10.5 Å². The highest BCUT2D eigenvalue weighted by molar-refractivity contribution is 5.61. The van der Waals surface area contributed by atoms with Gasteiger partial charge in [-0.2, -0.15) is 0 Å². The standard InChI is InChI=1S/C14H24N2O/c1-9(2)11(5)16-12-6-7-13(15)14(8-12)17-10(3)4/h6-11,16H,15H2,1-5H3. The molecule has 3 nitrogen and oxygen atoms in total. The SMILES string of the molecule is CC(C)Oc1cc(NC(C)C(C)C)ccc1N. The second-order valence-corrected chi connectivity index (χ2v) is 5.10. The average molecular weight is 236 g/mol. The fourth-order valence-corrected chi connectivity index (χ4v) is 1.41. The van der Waals surface area contributed by atoms with Gasteiger partial charge in [-0.1, -0.05) is 13.8 Å². The van der Waals surface area contributed by atoms with Gasteiger partial charge in [-0.25, -0.2) is 0 Å². The van der Waals surface area contributed by atoms with E-state index in [-0.39, 0.29) is 6.10 Å². The minimum Gasteiger partial charge on any atom is -0.489 e. The summed E-state index contributed by atoms with van der Waals surface area (Å²) in [6.45, 7) is 10.6. The highest BCUT2D eigenvalue weighted by atomic mass is 16.5. The minimum absolute atomic E-state index is 0.134. The van der Waals surface area contributed by atoms with Crippen molar-refractivity contribution in [3.63, 3.8) is 0 Å². The van der Waals surface area contributed by atoms with E-state index in [0.717, 1.165) is 11.4 Å². The van der Waals surface area contributed by atoms with Gasteiger partial charge in [-0.15, -0.1) is 0 Å². The van der Waals surface area contributed by atoms with Crippen molar-refractivity contribution in [3.05, 3.63) is 18.2 Å². The largest absolute Gasteiger partial charge is 0.489 e. The molecule has 0 aromatic heterocycles. The molecule has 1 atom stereocenters. The Morgan fingerprint density at radius 3 is 2.29 bits per heavy atom. The van der Waals surface area contributed by atoms with Crippen molar-refractivity contribution >= 4 is 11.4 Å². The first-order chi connectivity index (χ1) is 7.90. The summed E-state index contributed by atoms with van der Waals surface area (Å²) in [6, 6.07) is 6.26. The topological polar surface area (TPSA) is 47.3 Å². The molecule has 1 unspecified atom stereocenters. The first-order valence-electron chi connectivity index (χ1n) is 6.23. The summed E-state index contributed by atoms with van der Waals surface area (Å²) in [5, 5.41) is 3.45. The molecule has 0 spiro atoms. The molecule has 0 fully saturated rings. The van der Waals surface area contributed by atoms with Crippen LogP contribution in [0.5, 0.6) is 5.75 Å². The van der Waals surface area contributed by atoms with Gasteiger partial charge in [0.15, 0.2) is 0 Å². The molecular weight excluding hydrogens is 212 g/mol. The lowest BCUT2D eigenvalue weighted by Crippen LogP contribution is -2.21. The number of ether oxygens (including phenoxy) is 1. The average Bonchev–Trinajstić information content (AvgIpc) is 2.22. The Morgan fingerprint density at radius 2 is 1.76 bits per heavy atom. The number of nitrogen functional groups attached to an aromatic ring is 1. The number of benzene rings is 1. The Morgan fingerprint density at radius 1 is 1.12 bits per heavy atom. The zero-order valence-corrected chi connectivity index (χ0v) is 11.4. The van der Waals surface area contributed by atoms with Gasteiger partial charge in [0.05, 0.1) is 11.8 Å². The zero-order valence-electron chi connectivity index (χ0n) is 11.4. The van der Waals surface area contributed by atoms with Gasteiger partial charge < -0.3 is 15.8 Å². The summed E-state index contributed by atoms with van der Waals surface area (Å²) in [6.07, 6.45) is 0.134. The molecule has 3 heteroatoms. The van der Waals surface area contributed by atoms with Gasteiger partial charge in [0.25, 0.3) is 0 Å². The van der Waals surface area contributed by atoms with Crippen LogP contribution in [-0.4, -0.2) is 12.1 Å². The molecule has 0 amide bonds. The van der Waals surface area contributed by atoms with E-state index >= 15 is 0 Å². The molecule has 0 aliphatic rings. The smallest absolute Gasteiger partial charge is 0.144 e. The Balaban J connectivity index is 2.81. The fourth-order valence-electron chi connectivity index (χ4n) is 1.41. The van der Waals surface area contributed by atoms with Crippen molar-refractivity contribution in [3.8, 4) is 5.75 Å². The Hall–Kier alpha value is -1.38. The molecule has 0 saturated carbocycles. The molecule has 0 heterocycles. The van der Waals surface area contributed by atoms with E-state index in [1.165, 1.54) is 0 Å². The zero-order chi connectivity index (χ0) is 13.0. The molecule has 0 aliphatic heterocycles. The number of anilines is 2. The molecule has 17 heavy (non-hydrogen) atoms. The van der Waals surface area contributed by atoms with Gasteiger partial charge in [0.2, 0.25) is 0 Å². The fraction of sp³-hybridized carbons (Fsp3) is 0.571. The first kappa shape index (κ1) is 13.7. The van der Waals surface area contributed by atoms with Gasteiger partial charge in [0.1, 0.15) is 5.75 Å². The molecule has 1 rings (SSSR count). The Labute approximate surface area is 104 Å². The quantitative estimate of drug-likeness (QED) is 0.769. The number of hydrogen-bond acceptors (Lipinski definition) is 3. The maximum Gasteiger partial charge on any atom is 0.144 e. The summed E-state index contributed by atoms with van der Waals surface area (Å²) in [5.74, 6) is 1.34. The molecule has 0 bridgehead atoms. The van der Waals surface area contributed by atoms with Crippen LogP contribution in [0.1, 0.15) is 34.6 Å². The van der Waals surface area contributed by atoms with E-state index in [2.05, 4.69) is 26.1 Å². The highest BCUT2D eigenvalue weighted by Crippen LogP contribution is 2.27. The molecule has 3 N–H and O–H groups in total. The third-order valence-electron chi connectivity index (χ3n) is 2.77. The minimum atomic E-state index is 0.134. The lowest BCUT2D eigenvalue weighted by Gasteiger charge is -2.20. The second-order valence-electron chi connectivity index (χ2n) is 5.10. The summed E-state index contributed by atoms with van der Waals surface area (Å²) < 4.78 is 5.66. The Bertz CT molecular complexity index is 361. The van der Waals surface area contributed by atoms with Crippen molar-refractivity contribution in [1.29, 1.82) is 0 Å². The summed E-state index contributed by atoms with van der Waals surface area (Å²) in [4.78, 5) is 0. The van der Waals surface area contributed by atoms with E-state index in [1.807, 2.05) is 32.0 Å². The van der Waals surface area contributed by atoms with Crippen molar-refractivity contribution in [2.24, 2.45) is 5.92 Å². The maximum absolute atomic E-state index is 5.88. The molecule has 0 saturated heterocycles. The molecular formula is C14H24N2O. The number of hydrogen-bond donors (Lipinski definition) is 2. The summed E-state index contributed by atoms with van der Waals surface area (Å²) in [7, 11) is 0. The molecule has 0 radical (unpaired) electrons. The van der Waals surface area contributed by atoms with Crippen LogP contribution < -0.4 is 15.8 Å². The predicted molar refractivity (Wildman–Crippen MR) is 74.5 cm³/mol. The molecule has 0 aliphatic carbocycles. The van der Waals surface area contributed by atoms with Crippen LogP contribution in [0.25, 0.3) is 0 Å². The number of nitrogens with two attached hydrogens (primary N) is 1. The van der Waals surface area contributed by atoms with Crippen LogP contribution in [0, 0.1) is 5.92 Å². The molecule has 96 valence electrons. The Kier molecular flexibility index (Phi) is 4.67. The lowest BCUT2D eigenvalue weighted by molar-refractivity contribution is 0.244. The van der Waals surface area contributed by atoms with Crippen molar-refractivity contribution in [2.45, 2.75) is 46.8 Å². The third kappa shape index (κ3) is 4.17.